The minimum absolute atomic E-state index is 1.17. The van der Waals surface area contributed by atoms with Crippen molar-refractivity contribution in [2.24, 2.45) is 71.0 Å². The number of hydrogen-bond donors (Lipinski definition) is 0. The summed E-state index contributed by atoms with van der Waals surface area (Å²) >= 11 is 0. The summed E-state index contributed by atoms with van der Waals surface area (Å²) in [5.74, 6) is 14.4. The lowest BCUT2D eigenvalue weighted by atomic mass is 9.37. The minimum atomic E-state index is 1.17. The Morgan fingerprint density at radius 2 is 0.833 bits per heavy atom. The maximum Gasteiger partial charge on any atom is -0.0315 e. The first-order valence-electron chi connectivity index (χ1n) is 11.9. The van der Waals surface area contributed by atoms with Crippen LogP contribution in [0.2, 0.25) is 0 Å². The molecule has 7 saturated carbocycles. The van der Waals surface area contributed by atoms with Crippen molar-refractivity contribution in [1.29, 1.82) is 0 Å². The Bertz CT molecular complexity index is 536. The van der Waals surface area contributed by atoms with Gasteiger partial charge in [0.15, 0.2) is 0 Å². The van der Waals surface area contributed by atoms with E-state index in [9.17, 15) is 0 Å². The molecule has 0 nitrogen and oxygen atoms in total. The van der Waals surface area contributed by atoms with E-state index >= 15 is 0 Å². The van der Waals surface area contributed by atoms with Gasteiger partial charge in [0, 0.05) is 0 Å². The molecule has 0 saturated heterocycles. The first-order chi connectivity index (χ1) is 11.9. The van der Waals surface area contributed by atoms with E-state index in [4.69, 9.17) is 0 Å². The lowest BCUT2D eigenvalue weighted by Gasteiger charge is -2.68. The molecule has 0 amide bonds. The van der Waals surface area contributed by atoms with Gasteiger partial charge >= 0.3 is 0 Å². The smallest absolute Gasteiger partial charge is 0.0315 e. The molecular weight excluding hydrogens is 288 g/mol. The van der Waals surface area contributed by atoms with E-state index in [0.29, 0.717) is 0 Å². The summed E-state index contributed by atoms with van der Waals surface area (Å²) in [6.45, 7) is 0. The molecule has 7 aliphatic rings. The van der Waals surface area contributed by atoms with Gasteiger partial charge in [0.25, 0.3) is 0 Å². The highest BCUT2D eigenvalue weighted by Crippen LogP contribution is 2.72. The highest BCUT2D eigenvalue weighted by atomic mass is 14.7. The van der Waals surface area contributed by atoms with Crippen molar-refractivity contribution in [3.8, 4) is 0 Å². The van der Waals surface area contributed by atoms with Gasteiger partial charge in [-0.2, -0.15) is 0 Å². The average molecular weight is 325 g/mol. The quantitative estimate of drug-likeness (QED) is 0.501. The summed E-state index contributed by atoms with van der Waals surface area (Å²) in [5.41, 5.74) is 0. The van der Waals surface area contributed by atoms with Crippen LogP contribution in [-0.2, 0) is 0 Å². The van der Waals surface area contributed by atoms with E-state index in [2.05, 4.69) is 0 Å². The second kappa shape index (κ2) is 4.83. The van der Waals surface area contributed by atoms with E-state index < -0.39 is 0 Å². The summed E-state index contributed by atoms with van der Waals surface area (Å²) < 4.78 is 0. The molecule has 0 heterocycles. The summed E-state index contributed by atoms with van der Waals surface area (Å²) in [7, 11) is 0. The van der Waals surface area contributed by atoms with Crippen LogP contribution >= 0.6 is 0 Å². The normalized spacial score (nSPS) is 66.0. The molecule has 0 N–H and O–H groups in total. The fourth-order valence-corrected chi connectivity index (χ4v) is 11.2. The molecule has 0 aromatic carbocycles. The van der Waals surface area contributed by atoms with Crippen LogP contribution in [0.5, 0.6) is 0 Å². The molecule has 24 heavy (non-hydrogen) atoms. The van der Waals surface area contributed by atoms with Crippen LogP contribution in [0.15, 0.2) is 0 Å². The molecule has 0 spiro atoms. The monoisotopic (exact) mass is 324 g/mol. The predicted molar refractivity (Wildman–Crippen MR) is 97.3 cm³/mol. The third-order valence-electron chi connectivity index (χ3n) is 11.4. The minimum Gasteiger partial charge on any atom is -0.0528 e. The molecule has 0 bridgehead atoms. The molecule has 0 heteroatoms. The van der Waals surface area contributed by atoms with E-state index in [0.717, 1.165) is 0 Å². The van der Waals surface area contributed by atoms with Crippen molar-refractivity contribution in [3.05, 3.63) is 0 Å². The summed E-state index contributed by atoms with van der Waals surface area (Å²) in [4.78, 5) is 0. The first kappa shape index (κ1) is 14.1. The molecule has 7 rings (SSSR count). The SMILES string of the molecule is C1CC2CCC3C4CCC5CCC6CCC7CC(C1)C2C3C7C6C54. The topological polar surface area (TPSA) is 0 Å². The van der Waals surface area contributed by atoms with E-state index in [1.54, 1.807) is 77.0 Å². The summed E-state index contributed by atoms with van der Waals surface area (Å²) in [6, 6.07) is 0. The molecule has 132 valence electrons. The fourth-order valence-electron chi connectivity index (χ4n) is 11.2. The Kier molecular flexibility index (Phi) is 2.84. The van der Waals surface area contributed by atoms with Crippen molar-refractivity contribution >= 4 is 0 Å². The van der Waals surface area contributed by atoms with Gasteiger partial charge in [-0.3, -0.25) is 0 Å². The summed E-state index contributed by atoms with van der Waals surface area (Å²) in [6.07, 6.45) is 19.6. The summed E-state index contributed by atoms with van der Waals surface area (Å²) in [5, 5.41) is 0. The maximum absolute atomic E-state index is 1.68. The average Bonchev–Trinajstić information content (AvgIpc) is 3.06. The van der Waals surface area contributed by atoms with Crippen LogP contribution in [0.3, 0.4) is 0 Å². The van der Waals surface area contributed by atoms with E-state index in [1.165, 1.54) is 71.0 Å². The lowest BCUT2D eigenvalue weighted by molar-refractivity contribution is -0.198. The maximum atomic E-state index is 1.68. The zero-order valence-corrected chi connectivity index (χ0v) is 15.4. The zero-order chi connectivity index (χ0) is 15.4. The van der Waals surface area contributed by atoms with Gasteiger partial charge < -0.3 is 0 Å². The second-order valence-electron chi connectivity index (χ2n) is 11.5. The van der Waals surface area contributed by atoms with Gasteiger partial charge in [-0.1, -0.05) is 19.3 Å². The largest absolute Gasteiger partial charge is 0.0528 e. The van der Waals surface area contributed by atoms with Gasteiger partial charge in [-0.25, -0.2) is 0 Å². The Balaban J connectivity index is 1.37. The Morgan fingerprint density at radius 1 is 0.333 bits per heavy atom. The molecule has 0 radical (unpaired) electrons. The van der Waals surface area contributed by atoms with Crippen LogP contribution in [0.4, 0.5) is 0 Å². The lowest BCUT2D eigenvalue weighted by Crippen LogP contribution is -2.62. The molecule has 0 aliphatic heterocycles. The highest BCUT2D eigenvalue weighted by molar-refractivity contribution is 5.14. The Labute approximate surface area is 148 Å². The number of hydrogen-bond acceptors (Lipinski definition) is 0. The van der Waals surface area contributed by atoms with E-state index in [-0.39, 0.29) is 0 Å². The van der Waals surface area contributed by atoms with Gasteiger partial charge in [0.05, 0.1) is 0 Å². The van der Waals surface area contributed by atoms with Gasteiger partial charge in [-0.05, 0) is 129 Å². The fraction of sp³-hybridized carbons (Fsp3) is 1.00. The zero-order valence-electron chi connectivity index (χ0n) is 15.4. The first-order valence-corrected chi connectivity index (χ1v) is 11.9. The highest BCUT2D eigenvalue weighted by Gasteiger charge is 2.65. The van der Waals surface area contributed by atoms with Crippen molar-refractivity contribution in [1.82, 2.24) is 0 Å². The molecule has 7 aliphatic carbocycles. The second-order valence-corrected chi connectivity index (χ2v) is 11.5. The van der Waals surface area contributed by atoms with Gasteiger partial charge in [0.1, 0.15) is 0 Å². The molecule has 0 aromatic rings. The molecule has 7 fully saturated rings. The predicted octanol–water partition coefficient (Wildman–Crippen LogP) is 6.16. The molecule has 12 unspecified atom stereocenters. The van der Waals surface area contributed by atoms with Crippen LogP contribution in [0, 0.1) is 71.0 Å². The Morgan fingerprint density at radius 3 is 1.67 bits per heavy atom. The van der Waals surface area contributed by atoms with Crippen molar-refractivity contribution in [3.63, 3.8) is 0 Å². The van der Waals surface area contributed by atoms with Crippen LogP contribution in [-0.4, -0.2) is 0 Å². The van der Waals surface area contributed by atoms with Gasteiger partial charge in [0.2, 0.25) is 0 Å². The Hall–Kier alpha value is 0. The standard InChI is InChI=1S/C24H36/c1-2-13-8-11-19-18-10-9-14-4-5-15-6-7-17-12-16(3-1)20(13)24(19)23(17)22(15)21(14)18/h13-24H,1-12H2. The number of rotatable bonds is 0. The van der Waals surface area contributed by atoms with Gasteiger partial charge in [-0.15, -0.1) is 0 Å². The van der Waals surface area contributed by atoms with Crippen LogP contribution in [0.25, 0.3) is 0 Å². The van der Waals surface area contributed by atoms with Crippen LogP contribution in [0.1, 0.15) is 77.0 Å². The van der Waals surface area contributed by atoms with Crippen molar-refractivity contribution in [2.45, 2.75) is 77.0 Å². The molecule has 12 atom stereocenters. The van der Waals surface area contributed by atoms with Crippen molar-refractivity contribution < 1.29 is 0 Å². The van der Waals surface area contributed by atoms with Crippen LogP contribution < -0.4 is 0 Å². The molecular formula is C24H36. The van der Waals surface area contributed by atoms with Crippen molar-refractivity contribution in [2.75, 3.05) is 0 Å². The number of fused-ring (bicyclic) bond motifs is 1. The third kappa shape index (κ3) is 1.59. The third-order valence-corrected chi connectivity index (χ3v) is 11.4. The van der Waals surface area contributed by atoms with E-state index in [1.807, 2.05) is 0 Å². The molecule has 0 aromatic heterocycles.